The van der Waals surface area contributed by atoms with Crippen LogP contribution in [0, 0.1) is 6.92 Å². The number of hydrogen-bond acceptors (Lipinski definition) is 3. The zero-order valence-corrected chi connectivity index (χ0v) is 18.3. The highest BCUT2D eigenvalue weighted by Crippen LogP contribution is 2.24. The lowest BCUT2D eigenvalue weighted by Gasteiger charge is -2.23. The lowest BCUT2D eigenvalue weighted by atomic mass is 10.1. The first-order valence-electron chi connectivity index (χ1n) is 10.1. The van der Waals surface area contributed by atoms with Gasteiger partial charge in [-0.15, -0.1) is 0 Å². The average molecular weight is 433 g/mol. The molecule has 4 aromatic rings. The standard InChI is InChI=1S/C25H24N2O3S/c1-19-12-14-22(15-13-19)31(29,30)27(25(28)20-8-4-3-5-9-20)17-16-21-18-26(2)24-11-7-6-10-23(21)24/h3-15,18H,16-17H2,1-2H3. The van der Waals surface area contributed by atoms with Crippen molar-refractivity contribution in [1.82, 2.24) is 8.87 Å². The number of benzene rings is 3. The van der Waals surface area contributed by atoms with Crippen LogP contribution < -0.4 is 0 Å². The molecule has 0 unspecified atom stereocenters. The SMILES string of the molecule is Cc1ccc(S(=O)(=O)N(CCc2cn(C)c3ccccc23)C(=O)c2ccccc2)cc1. The van der Waals surface area contributed by atoms with Gasteiger partial charge in [0.25, 0.3) is 15.9 Å². The molecule has 158 valence electrons. The Labute approximate surface area is 182 Å². The fourth-order valence-corrected chi connectivity index (χ4v) is 5.13. The molecule has 0 bridgehead atoms. The molecule has 0 fully saturated rings. The summed E-state index contributed by atoms with van der Waals surface area (Å²) in [5.74, 6) is -0.526. The number of aryl methyl sites for hydroxylation is 2. The molecule has 5 nitrogen and oxygen atoms in total. The van der Waals surface area contributed by atoms with Gasteiger partial charge in [-0.05, 0) is 49.2 Å². The van der Waals surface area contributed by atoms with Gasteiger partial charge in [0.15, 0.2) is 0 Å². The van der Waals surface area contributed by atoms with Crippen LogP contribution in [0.5, 0.6) is 0 Å². The quantitative estimate of drug-likeness (QED) is 0.449. The average Bonchev–Trinajstić information content (AvgIpc) is 3.10. The third-order valence-electron chi connectivity index (χ3n) is 5.42. The van der Waals surface area contributed by atoms with Crippen LogP contribution in [0.15, 0.2) is 90.0 Å². The summed E-state index contributed by atoms with van der Waals surface area (Å²) in [5.41, 5.74) is 3.37. The zero-order chi connectivity index (χ0) is 22.0. The number of para-hydroxylation sites is 1. The van der Waals surface area contributed by atoms with Crippen molar-refractivity contribution in [1.29, 1.82) is 0 Å². The Morgan fingerprint density at radius 3 is 2.26 bits per heavy atom. The number of aromatic nitrogens is 1. The number of amides is 1. The Morgan fingerprint density at radius 2 is 1.55 bits per heavy atom. The highest BCUT2D eigenvalue weighted by Gasteiger charge is 2.30. The van der Waals surface area contributed by atoms with E-state index in [1.807, 2.05) is 49.0 Å². The monoisotopic (exact) mass is 432 g/mol. The first-order chi connectivity index (χ1) is 14.9. The molecule has 3 aromatic carbocycles. The molecule has 31 heavy (non-hydrogen) atoms. The first-order valence-corrected chi connectivity index (χ1v) is 11.5. The van der Waals surface area contributed by atoms with Gasteiger partial charge in [-0.2, -0.15) is 0 Å². The minimum Gasteiger partial charge on any atom is -0.350 e. The number of carbonyl (C=O) groups excluding carboxylic acids is 1. The molecule has 0 aliphatic heterocycles. The Balaban J connectivity index is 1.71. The van der Waals surface area contributed by atoms with E-state index in [0.717, 1.165) is 26.3 Å². The van der Waals surface area contributed by atoms with Crippen LogP contribution in [0.3, 0.4) is 0 Å². The van der Waals surface area contributed by atoms with Gasteiger partial charge >= 0.3 is 0 Å². The Morgan fingerprint density at radius 1 is 0.903 bits per heavy atom. The molecule has 0 radical (unpaired) electrons. The molecule has 4 rings (SSSR count). The third kappa shape index (κ3) is 4.11. The molecule has 0 saturated heterocycles. The zero-order valence-electron chi connectivity index (χ0n) is 17.5. The molecule has 1 amide bonds. The maximum atomic E-state index is 13.4. The van der Waals surface area contributed by atoms with Crippen LogP contribution in [-0.2, 0) is 23.5 Å². The van der Waals surface area contributed by atoms with Crippen molar-refractivity contribution in [3.05, 3.63) is 102 Å². The van der Waals surface area contributed by atoms with Crippen molar-refractivity contribution in [2.45, 2.75) is 18.2 Å². The van der Waals surface area contributed by atoms with Gasteiger partial charge in [-0.3, -0.25) is 4.79 Å². The van der Waals surface area contributed by atoms with E-state index < -0.39 is 15.9 Å². The first kappa shape index (κ1) is 20.9. The summed E-state index contributed by atoms with van der Waals surface area (Å²) in [6.45, 7) is 1.95. The van der Waals surface area contributed by atoms with Gasteiger partial charge in [0, 0.05) is 36.3 Å². The Bertz CT molecular complexity index is 1320. The highest BCUT2D eigenvalue weighted by atomic mass is 32.2. The van der Waals surface area contributed by atoms with E-state index in [0.29, 0.717) is 12.0 Å². The van der Waals surface area contributed by atoms with Crippen molar-refractivity contribution in [3.8, 4) is 0 Å². The minimum atomic E-state index is -4.00. The minimum absolute atomic E-state index is 0.0535. The second-order valence-corrected chi connectivity index (χ2v) is 9.46. The summed E-state index contributed by atoms with van der Waals surface area (Å²) in [5, 5.41) is 1.06. The predicted molar refractivity (Wildman–Crippen MR) is 122 cm³/mol. The van der Waals surface area contributed by atoms with Gasteiger partial charge in [-0.1, -0.05) is 54.1 Å². The van der Waals surface area contributed by atoms with Gasteiger partial charge in [0.05, 0.1) is 4.90 Å². The lowest BCUT2D eigenvalue weighted by molar-refractivity contribution is 0.0862. The van der Waals surface area contributed by atoms with Crippen LogP contribution in [-0.4, -0.2) is 29.7 Å². The number of nitrogens with zero attached hydrogens (tertiary/aromatic N) is 2. The smallest absolute Gasteiger partial charge is 0.267 e. The van der Waals surface area contributed by atoms with E-state index in [-0.39, 0.29) is 11.4 Å². The van der Waals surface area contributed by atoms with E-state index in [1.165, 1.54) is 0 Å². The van der Waals surface area contributed by atoms with E-state index in [2.05, 4.69) is 0 Å². The molecule has 0 atom stereocenters. The van der Waals surface area contributed by atoms with Crippen LogP contribution >= 0.6 is 0 Å². The third-order valence-corrected chi connectivity index (χ3v) is 7.22. The van der Waals surface area contributed by atoms with E-state index in [4.69, 9.17) is 0 Å². The maximum absolute atomic E-state index is 13.4. The Kier molecular flexibility index (Phi) is 5.65. The van der Waals surface area contributed by atoms with E-state index in [1.54, 1.807) is 54.6 Å². The lowest BCUT2D eigenvalue weighted by Crippen LogP contribution is -2.38. The molecular weight excluding hydrogens is 408 g/mol. The molecular formula is C25H24N2O3S. The molecule has 6 heteroatoms. The van der Waals surface area contributed by atoms with Crippen molar-refractivity contribution in [3.63, 3.8) is 0 Å². The van der Waals surface area contributed by atoms with Gasteiger partial charge in [0.1, 0.15) is 0 Å². The maximum Gasteiger partial charge on any atom is 0.267 e. The highest BCUT2D eigenvalue weighted by molar-refractivity contribution is 7.89. The van der Waals surface area contributed by atoms with Crippen LogP contribution in [0.2, 0.25) is 0 Å². The normalized spacial score (nSPS) is 11.5. The van der Waals surface area contributed by atoms with Crippen LogP contribution in [0.25, 0.3) is 10.9 Å². The van der Waals surface area contributed by atoms with Gasteiger partial charge < -0.3 is 4.57 Å². The molecule has 1 heterocycles. The van der Waals surface area contributed by atoms with E-state index in [9.17, 15) is 13.2 Å². The number of sulfonamides is 1. The summed E-state index contributed by atoms with van der Waals surface area (Å²) in [6.07, 6.45) is 2.42. The summed E-state index contributed by atoms with van der Waals surface area (Å²) in [4.78, 5) is 13.4. The number of fused-ring (bicyclic) bond motifs is 1. The van der Waals surface area contributed by atoms with Crippen molar-refractivity contribution in [2.24, 2.45) is 7.05 Å². The molecule has 0 N–H and O–H groups in total. The van der Waals surface area contributed by atoms with Gasteiger partial charge in [0.2, 0.25) is 0 Å². The van der Waals surface area contributed by atoms with E-state index >= 15 is 0 Å². The second kappa shape index (κ2) is 8.40. The largest absolute Gasteiger partial charge is 0.350 e. The molecule has 1 aromatic heterocycles. The van der Waals surface area contributed by atoms with Crippen LogP contribution in [0.1, 0.15) is 21.5 Å². The second-order valence-electron chi connectivity index (χ2n) is 7.59. The fourth-order valence-electron chi connectivity index (χ4n) is 3.74. The number of rotatable bonds is 6. The number of carbonyl (C=O) groups is 1. The number of hydrogen-bond donors (Lipinski definition) is 0. The summed E-state index contributed by atoms with van der Waals surface area (Å²) in [6, 6.07) is 23.1. The molecule has 0 aliphatic carbocycles. The topological polar surface area (TPSA) is 59.4 Å². The van der Waals surface area contributed by atoms with Crippen molar-refractivity contribution < 1.29 is 13.2 Å². The summed E-state index contributed by atoms with van der Waals surface area (Å²) in [7, 11) is -2.04. The summed E-state index contributed by atoms with van der Waals surface area (Å²) >= 11 is 0. The van der Waals surface area contributed by atoms with Crippen molar-refractivity contribution in [2.75, 3.05) is 6.54 Å². The predicted octanol–water partition coefficient (Wildman–Crippen LogP) is 4.56. The van der Waals surface area contributed by atoms with Crippen LogP contribution in [0.4, 0.5) is 0 Å². The summed E-state index contributed by atoms with van der Waals surface area (Å²) < 4.78 is 29.9. The van der Waals surface area contributed by atoms with Gasteiger partial charge in [-0.25, -0.2) is 12.7 Å². The Hall–Kier alpha value is -3.38. The fraction of sp³-hybridized carbons (Fsp3) is 0.160. The van der Waals surface area contributed by atoms with Crippen molar-refractivity contribution >= 4 is 26.8 Å². The molecule has 0 saturated carbocycles. The molecule has 0 spiro atoms. The molecule has 0 aliphatic rings.